The van der Waals surface area contributed by atoms with E-state index in [4.69, 9.17) is 4.74 Å². The van der Waals surface area contributed by atoms with Crippen LogP contribution in [-0.2, 0) is 4.74 Å². The number of ether oxygens (including phenoxy) is 1. The summed E-state index contributed by atoms with van der Waals surface area (Å²) in [5.41, 5.74) is -1.37. The summed E-state index contributed by atoms with van der Waals surface area (Å²) >= 11 is 0. The van der Waals surface area contributed by atoms with Gasteiger partial charge in [-0.3, -0.25) is 35.1 Å². The standard InChI is InChI=1S/C24H14N4O9/c29-22(15-6-8-16(9-7-15)26(31)32)13-37-24(30)19-12-20(14-4-2-1-3-5-14)25-23-18(19)10-17(27(33)34)11-21(23)28(35)36/h1-12H,13H2. The van der Waals surface area contributed by atoms with Crippen LogP contribution >= 0.6 is 0 Å². The average Bonchev–Trinajstić information content (AvgIpc) is 2.90. The van der Waals surface area contributed by atoms with Crippen LogP contribution in [0.4, 0.5) is 17.1 Å². The molecule has 1 heterocycles. The van der Waals surface area contributed by atoms with Crippen molar-refractivity contribution in [1.29, 1.82) is 0 Å². The lowest BCUT2D eigenvalue weighted by Crippen LogP contribution is -2.15. The van der Waals surface area contributed by atoms with Gasteiger partial charge in [-0.2, -0.15) is 0 Å². The van der Waals surface area contributed by atoms with Gasteiger partial charge in [0.1, 0.15) is 5.52 Å². The van der Waals surface area contributed by atoms with Crippen LogP contribution in [0.3, 0.4) is 0 Å². The van der Waals surface area contributed by atoms with Gasteiger partial charge in [-0.05, 0) is 18.2 Å². The van der Waals surface area contributed by atoms with Gasteiger partial charge in [-0.15, -0.1) is 0 Å². The van der Waals surface area contributed by atoms with E-state index in [1.165, 1.54) is 18.2 Å². The molecule has 0 atom stereocenters. The number of nitro groups is 3. The van der Waals surface area contributed by atoms with Gasteiger partial charge in [0.25, 0.3) is 11.4 Å². The first-order valence-electron chi connectivity index (χ1n) is 10.4. The normalized spacial score (nSPS) is 10.6. The lowest BCUT2D eigenvalue weighted by atomic mass is 10.0. The lowest BCUT2D eigenvalue weighted by Gasteiger charge is -2.10. The number of hydrogen-bond acceptors (Lipinski definition) is 10. The second kappa shape index (κ2) is 9.95. The summed E-state index contributed by atoms with van der Waals surface area (Å²) in [5.74, 6) is -1.74. The van der Waals surface area contributed by atoms with Crippen LogP contribution in [0.5, 0.6) is 0 Å². The van der Waals surface area contributed by atoms with E-state index in [0.29, 0.717) is 5.56 Å². The quantitative estimate of drug-likeness (QED) is 0.142. The highest BCUT2D eigenvalue weighted by Gasteiger charge is 2.26. The third kappa shape index (κ3) is 5.09. The fraction of sp³-hybridized carbons (Fsp3) is 0.0417. The first-order chi connectivity index (χ1) is 17.7. The van der Waals surface area contributed by atoms with Crippen molar-refractivity contribution in [2.45, 2.75) is 0 Å². The SMILES string of the molecule is O=C(COC(=O)c1cc(-c2ccccc2)nc2c([N+](=O)[O-])cc([N+](=O)[O-])cc12)c1ccc([N+](=O)[O-])cc1. The van der Waals surface area contributed by atoms with Crippen LogP contribution in [0.2, 0.25) is 0 Å². The van der Waals surface area contributed by atoms with E-state index in [1.54, 1.807) is 30.3 Å². The zero-order valence-corrected chi connectivity index (χ0v) is 18.6. The number of Topliss-reactive ketones (excluding diaryl/α,β-unsaturated/α-hetero) is 1. The van der Waals surface area contributed by atoms with Gasteiger partial charge >= 0.3 is 11.7 Å². The van der Waals surface area contributed by atoms with E-state index in [2.05, 4.69) is 4.98 Å². The molecule has 4 aromatic rings. The minimum atomic E-state index is -1.07. The number of hydrogen-bond donors (Lipinski definition) is 0. The van der Waals surface area contributed by atoms with Crippen LogP contribution in [0.1, 0.15) is 20.7 Å². The molecule has 0 aliphatic rings. The van der Waals surface area contributed by atoms with Crippen LogP contribution in [0.25, 0.3) is 22.2 Å². The number of non-ortho nitro benzene ring substituents is 3. The van der Waals surface area contributed by atoms with Gasteiger partial charge in [0, 0.05) is 34.7 Å². The first-order valence-corrected chi connectivity index (χ1v) is 10.4. The fourth-order valence-corrected chi connectivity index (χ4v) is 3.53. The Bertz CT molecular complexity index is 1590. The zero-order valence-electron chi connectivity index (χ0n) is 18.6. The lowest BCUT2D eigenvalue weighted by molar-refractivity contribution is -0.393. The van der Waals surface area contributed by atoms with Gasteiger partial charge in [0.15, 0.2) is 12.4 Å². The molecular weight excluding hydrogens is 488 g/mol. The molecule has 4 rings (SSSR count). The van der Waals surface area contributed by atoms with E-state index in [1.807, 2.05) is 0 Å². The van der Waals surface area contributed by atoms with Crippen molar-refractivity contribution in [3.05, 3.63) is 114 Å². The fourth-order valence-electron chi connectivity index (χ4n) is 3.53. The zero-order chi connectivity index (χ0) is 26.7. The molecule has 37 heavy (non-hydrogen) atoms. The van der Waals surface area contributed by atoms with Crippen molar-refractivity contribution in [3.8, 4) is 11.3 Å². The van der Waals surface area contributed by atoms with Crippen molar-refractivity contribution >= 4 is 39.7 Å². The predicted molar refractivity (Wildman–Crippen MR) is 128 cm³/mol. The molecule has 0 spiro atoms. The Labute approximate surface area is 206 Å². The minimum Gasteiger partial charge on any atom is -0.454 e. The molecule has 1 aromatic heterocycles. The number of benzene rings is 3. The number of pyridine rings is 1. The van der Waals surface area contributed by atoms with E-state index in [9.17, 15) is 39.9 Å². The molecule has 13 nitrogen and oxygen atoms in total. The number of carbonyl (C=O) groups is 2. The van der Waals surface area contributed by atoms with Crippen molar-refractivity contribution in [2.75, 3.05) is 6.61 Å². The van der Waals surface area contributed by atoms with Gasteiger partial charge < -0.3 is 4.74 Å². The van der Waals surface area contributed by atoms with Gasteiger partial charge in [-0.25, -0.2) is 9.78 Å². The average molecular weight is 502 g/mol. The summed E-state index contributed by atoms with van der Waals surface area (Å²) in [5, 5.41) is 33.7. The molecule has 184 valence electrons. The molecule has 0 amide bonds. The summed E-state index contributed by atoms with van der Waals surface area (Å²) in [4.78, 5) is 61.3. The maximum atomic E-state index is 13.1. The topological polar surface area (TPSA) is 186 Å². The van der Waals surface area contributed by atoms with Crippen molar-refractivity contribution in [3.63, 3.8) is 0 Å². The Kier molecular flexibility index (Phi) is 6.60. The molecule has 0 fully saturated rings. The maximum Gasteiger partial charge on any atom is 0.339 e. The summed E-state index contributed by atoms with van der Waals surface area (Å²) in [7, 11) is 0. The molecule has 3 aromatic carbocycles. The molecule has 0 aliphatic heterocycles. The Morgan fingerprint density at radius 2 is 1.43 bits per heavy atom. The maximum absolute atomic E-state index is 13.1. The molecule has 0 aliphatic carbocycles. The van der Waals surface area contributed by atoms with Crippen molar-refractivity contribution < 1.29 is 29.1 Å². The molecule has 0 N–H and O–H groups in total. The van der Waals surface area contributed by atoms with E-state index in [-0.39, 0.29) is 33.4 Å². The minimum absolute atomic E-state index is 0.0502. The Morgan fingerprint density at radius 3 is 2.03 bits per heavy atom. The van der Waals surface area contributed by atoms with E-state index in [0.717, 1.165) is 24.3 Å². The summed E-state index contributed by atoms with van der Waals surface area (Å²) in [6.45, 7) is -0.752. The third-order valence-electron chi connectivity index (χ3n) is 5.31. The largest absolute Gasteiger partial charge is 0.454 e. The van der Waals surface area contributed by atoms with Crippen LogP contribution < -0.4 is 0 Å². The number of aromatic nitrogens is 1. The smallest absolute Gasteiger partial charge is 0.339 e. The number of carbonyl (C=O) groups excluding carboxylic acids is 2. The molecule has 0 saturated carbocycles. The van der Waals surface area contributed by atoms with E-state index >= 15 is 0 Å². The number of nitro benzene ring substituents is 3. The van der Waals surface area contributed by atoms with Crippen LogP contribution in [0.15, 0.2) is 72.8 Å². The first kappa shape index (κ1) is 24.5. The molecule has 0 bridgehead atoms. The van der Waals surface area contributed by atoms with E-state index < -0.39 is 44.5 Å². The number of nitrogens with zero attached hydrogens (tertiary/aromatic N) is 4. The Balaban J connectivity index is 1.76. The Morgan fingerprint density at radius 1 is 0.784 bits per heavy atom. The van der Waals surface area contributed by atoms with Crippen molar-refractivity contribution in [2.24, 2.45) is 0 Å². The third-order valence-corrected chi connectivity index (χ3v) is 5.31. The Hall–Kier alpha value is -5.59. The number of esters is 1. The molecule has 0 unspecified atom stereocenters. The highest BCUT2D eigenvalue weighted by atomic mass is 16.6. The summed E-state index contributed by atoms with van der Waals surface area (Å²) in [6.07, 6.45) is 0. The highest BCUT2D eigenvalue weighted by molar-refractivity contribution is 6.08. The summed E-state index contributed by atoms with van der Waals surface area (Å²) < 4.78 is 5.13. The second-order valence-electron chi connectivity index (χ2n) is 7.60. The van der Waals surface area contributed by atoms with Crippen molar-refractivity contribution in [1.82, 2.24) is 4.98 Å². The molecule has 0 saturated heterocycles. The van der Waals surface area contributed by atoms with Gasteiger partial charge in [0.2, 0.25) is 0 Å². The van der Waals surface area contributed by atoms with Crippen LogP contribution in [-0.4, -0.2) is 38.1 Å². The predicted octanol–water partition coefficient (Wildman–Crippen LogP) is 4.67. The molecular formula is C24H14N4O9. The monoisotopic (exact) mass is 502 g/mol. The van der Waals surface area contributed by atoms with Gasteiger partial charge in [0.05, 0.1) is 32.1 Å². The number of fused-ring (bicyclic) bond motifs is 1. The summed E-state index contributed by atoms with van der Waals surface area (Å²) in [6, 6.07) is 16.0. The second-order valence-corrected chi connectivity index (χ2v) is 7.60. The highest BCUT2D eigenvalue weighted by Crippen LogP contribution is 2.34. The number of rotatable bonds is 8. The van der Waals surface area contributed by atoms with Crippen LogP contribution in [0, 0.1) is 30.3 Å². The van der Waals surface area contributed by atoms with Gasteiger partial charge in [-0.1, -0.05) is 30.3 Å². The molecule has 13 heteroatoms. The number of ketones is 1. The molecule has 0 radical (unpaired) electrons.